The van der Waals surface area contributed by atoms with Crippen molar-refractivity contribution in [1.29, 1.82) is 0 Å². The van der Waals surface area contributed by atoms with Gasteiger partial charge in [0.1, 0.15) is 6.29 Å². The van der Waals surface area contributed by atoms with Crippen LogP contribution in [0.1, 0.15) is 39.5 Å². The molecule has 16 heavy (non-hydrogen) atoms. The van der Waals surface area contributed by atoms with Gasteiger partial charge in [-0.25, -0.2) is 4.79 Å². The topological polar surface area (TPSA) is 54.4 Å². The zero-order valence-electron chi connectivity index (χ0n) is 9.98. The molecule has 0 unspecified atom stereocenters. The minimum Gasteiger partial charge on any atom is -0.478 e. The van der Waals surface area contributed by atoms with Crippen molar-refractivity contribution in [1.82, 2.24) is 0 Å². The molecule has 0 saturated heterocycles. The summed E-state index contributed by atoms with van der Waals surface area (Å²) in [7, 11) is 0. The molecule has 0 rings (SSSR count). The summed E-state index contributed by atoms with van der Waals surface area (Å²) in [5.74, 6) is -0.463. The van der Waals surface area contributed by atoms with Gasteiger partial charge in [-0.1, -0.05) is 26.0 Å². The van der Waals surface area contributed by atoms with E-state index in [1.54, 1.807) is 12.2 Å². The molecule has 0 spiro atoms. The summed E-state index contributed by atoms with van der Waals surface area (Å²) in [4.78, 5) is 20.9. The lowest BCUT2D eigenvalue weighted by molar-refractivity contribution is -0.132. The van der Waals surface area contributed by atoms with E-state index in [1.165, 1.54) is 6.08 Å². The number of unbranched alkanes of at least 4 members (excludes halogenated alkanes) is 2. The molecule has 0 aromatic rings. The smallest absolute Gasteiger partial charge is 0.331 e. The molecule has 0 heterocycles. The predicted molar refractivity (Wildman–Crippen MR) is 64.2 cm³/mol. The molecule has 3 nitrogen and oxygen atoms in total. The van der Waals surface area contributed by atoms with Crippen molar-refractivity contribution in [3.05, 3.63) is 23.8 Å². The molecule has 0 aliphatic heterocycles. The molecule has 1 N–H and O–H groups in total. The zero-order valence-corrected chi connectivity index (χ0v) is 9.98. The molecule has 0 aliphatic carbocycles. The summed E-state index contributed by atoms with van der Waals surface area (Å²) < 4.78 is 0. The van der Waals surface area contributed by atoms with Crippen LogP contribution >= 0.6 is 0 Å². The molecule has 0 amide bonds. The Morgan fingerprint density at radius 2 is 2.00 bits per heavy atom. The molecule has 0 aromatic carbocycles. The summed E-state index contributed by atoms with van der Waals surface area (Å²) in [6.45, 7) is 4.01. The second-order valence-corrected chi connectivity index (χ2v) is 4.13. The highest BCUT2D eigenvalue weighted by molar-refractivity contribution is 5.86. The molecular formula is C13H20O3. The highest BCUT2D eigenvalue weighted by atomic mass is 16.4. The number of carbonyl (C=O) groups excluding carboxylic acids is 1. The van der Waals surface area contributed by atoms with Gasteiger partial charge in [0.2, 0.25) is 0 Å². The first-order chi connectivity index (χ1) is 7.57. The lowest BCUT2D eigenvalue weighted by Crippen LogP contribution is -2.03. The molecular weight excluding hydrogens is 204 g/mol. The quantitative estimate of drug-likeness (QED) is 0.392. The Morgan fingerprint density at radius 1 is 1.31 bits per heavy atom. The highest BCUT2D eigenvalue weighted by Crippen LogP contribution is 2.12. The van der Waals surface area contributed by atoms with E-state index in [1.807, 2.05) is 13.8 Å². The van der Waals surface area contributed by atoms with Gasteiger partial charge in [-0.3, -0.25) is 4.79 Å². The van der Waals surface area contributed by atoms with E-state index in [0.29, 0.717) is 17.9 Å². The number of carbonyl (C=O) groups is 2. The maximum Gasteiger partial charge on any atom is 0.331 e. The summed E-state index contributed by atoms with van der Waals surface area (Å²) in [5.41, 5.74) is 0.495. The Hall–Kier alpha value is -1.38. The van der Waals surface area contributed by atoms with Crippen LogP contribution in [0.2, 0.25) is 0 Å². The lowest BCUT2D eigenvalue weighted by Gasteiger charge is -2.05. The van der Waals surface area contributed by atoms with Crippen molar-refractivity contribution in [2.45, 2.75) is 39.5 Å². The fourth-order valence-corrected chi connectivity index (χ4v) is 1.36. The van der Waals surface area contributed by atoms with Gasteiger partial charge in [-0.05, 0) is 37.7 Å². The fourth-order valence-electron chi connectivity index (χ4n) is 1.36. The minimum atomic E-state index is -0.822. The van der Waals surface area contributed by atoms with Crippen molar-refractivity contribution in [2.75, 3.05) is 0 Å². The van der Waals surface area contributed by atoms with E-state index in [-0.39, 0.29) is 0 Å². The monoisotopic (exact) mass is 224 g/mol. The lowest BCUT2D eigenvalue weighted by atomic mass is 10.0. The molecule has 0 saturated carbocycles. The Kier molecular flexibility index (Phi) is 8.12. The number of hydrogen-bond acceptors (Lipinski definition) is 2. The predicted octanol–water partition coefficient (Wildman–Crippen LogP) is 2.97. The van der Waals surface area contributed by atoms with Gasteiger partial charge >= 0.3 is 5.97 Å². The van der Waals surface area contributed by atoms with Crippen LogP contribution in [0.25, 0.3) is 0 Å². The van der Waals surface area contributed by atoms with Gasteiger partial charge in [-0.15, -0.1) is 0 Å². The first-order valence-corrected chi connectivity index (χ1v) is 5.60. The van der Waals surface area contributed by atoms with Gasteiger partial charge < -0.3 is 5.11 Å². The van der Waals surface area contributed by atoms with Crippen LogP contribution in [0.15, 0.2) is 23.8 Å². The summed E-state index contributed by atoms with van der Waals surface area (Å²) in [6.07, 6.45) is 8.84. The molecule has 0 radical (unpaired) electrons. The van der Waals surface area contributed by atoms with Crippen LogP contribution < -0.4 is 0 Å². The number of rotatable bonds is 8. The Balaban J connectivity index is 3.99. The average Bonchev–Trinajstić information content (AvgIpc) is 2.20. The molecule has 0 fully saturated rings. The van der Waals surface area contributed by atoms with E-state index >= 15 is 0 Å². The van der Waals surface area contributed by atoms with Gasteiger partial charge in [0.15, 0.2) is 0 Å². The van der Waals surface area contributed by atoms with Crippen molar-refractivity contribution in [3.8, 4) is 0 Å². The summed E-state index contributed by atoms with van der Waals surface area (Å²) in [6, 6.07) is 0. The molecule has 0 bridgehead atoms. The Labute approximate surface area is 96.9 Å². The van der Waals surface area contributed by atoms with Crippen molar-refractivity contribution in [2.24, 2.45) is 5.92 Å². The average molecular weight is 224 g/mol. The minimum absolute atomic E-state index is 0.359. The second-order valence-electron chi connectivity index (χ2n) is 4.13. The van der Waals surface area contributed by atoms with Crippen LogP contribution in [0.5, 0.6) is 0 Å². The van der Waals surface area contributed by atoms with Crippen LogP contribution in [-0.2, 0) is 9.59 Å². The van der Waals surface area contributed by atoms with Crippen molar-refractivity contribution < 1.29 is 14.7 Å². The Morgan fingerprint density at radius 3 is 2.50 bits per heavy atom. The number of hydrogen-bond donors (Lipinski definition) is 1. The standard InChI is InChI=1S/C13H20O3/c1-11(2)10-12(13(15)16)8-6-4-3-5-7-9-14/h5,7-9,11H,3-4,6,10H2,1-2H3,(H,15,16)/b7-5-,12-8+. The summed E-state index contributed by atoms with van der Waals surface area (Å²) >= 11 is 0. The molecule has 0 atom stereocenters. The first-order valence-electron chi connectivity index (χ1n) is 5.60. The van der Waals surface area contributed by atoms with Crippen molar-refractivity contribution >= 4 is 12.3 Å². The normalized spacial score (nSPS) is 12.3. The van der Waals surface area contributed by atoms with Gasteiger partial charge in [0, 0.05) is 5.57 Å². The van der Waals surface area contributed by atoms with Crippen LogP contribution in [0, 0.1) is 5.92 Å². The zero-order chi connectivity index (χ0) is 12.4. The Bertz CT molecular complexity index is 275. The van der Waals surface area contributed by atoms with Crippen LogP contribution in [-0.4, -0.2) is 17.4 Å². The molecule has 3 heteroatoms. The largest absolute Gasteiger partial charge is 0.478 e. The number of aliphatic carboxylic acids is 1. The maximum atomic E-state index is 10.9. The van der Waals surface area contributed by atoms with Gasteiger partial charge in [0.05, 0.1) is 0 Å². The van der Waals surface area contributed by atoms with Crippen molar-refractivity contribution in [3.63, 3.8) is 0 Å². The third-order valence-electron chi connectivity index (χ3n) is 2.08. The number of carboxylic acid groups (broad SMARTS) is 1. The van der Waals surface area contributed by atoms with E-state index < -0.39 is 5.97 Å². The van der Waals surface area contributed by atoms with E-state index in [4.69, 9.17) is 5.11 Å². The molecule has 0 aliphatic rings. The number of carboxylic acids is 1. The molecule has 90 valence electrons. The van der Waals surface area contributed by atoms with Crippen LogP contribution in [0.3, 0.4) is 0 Å². The van der Waals surface area contributed by atoms with E-state index in [9.17, 15) is 9.59 Å². The number of allylic oxidation sites excluding steroid dienone is 3. The molecule has 0 aromatic heterocycles. The SMILES string of the molecule is CC(C)C/C(=C\CCC/C=C\C=O)C(=O)O. The van der Waals surface area contributed by atoms with Gasteiger partial charge in [0.25, 0.3) is 0 Å². The maximum absolute atomic E-state index is 10.9. The summed E-state index contributed by atoms with van der Waals surface area (Å²) in [5, 5.41) is 8.93. The second kappa shape index (κ2) is 8.89. The van der Waals surface area contributed by atoms with Crippen LogP contribution in [0.4, 0.5) is 0 Å². The highest BCUT2D eigenvalue weighted by Gasteiger charge is 2.08. The van der Waals surface area contributed by atoms with Gasteiger partial charge in [-0.2, -0.15) is 0 Å². The van der Waals surface area contributed by atoms with E-state index in [2.05, 4.69) is 0 Å². The third-order valence-corrected chi connectivity index (χ3v) is 2.08. The fraction of sp³-hybridized carbons (Fsp3) is 0.538. The third kappa shape index (κ3) is 7.97. The number of aldehydes is 1. The van der Waals surface area contributed by atoms with E-state index in [0.717, 1.165) is 25.5 Å². The first kappa shape index (κ1) is 14.6.